The van der Waals surface area contributed by atoms with Crippen LogP contribution in [0.2, 0.25) is 5.02 Å². The van der Waals surface area contributed by atoms with E-state index in [1.807, 2.05) is 35.2 Å². The summed E-state index contributed by atoms with van der Waals surface area (Å²) in [6, 6.07) is 16.2. The number of halogens is 1. The summed E-state index contributed by atoms with van der Waals surface area (Å²) < 4.78 is 29.7. The van der Waals surface area contributed by atoms with E-state index in [2.05, 4.69) is 4.99 Å². The van der Waals surface area contributed by atoms with Gasteiger partial charge < -0.3 is 9.64 Å². The molecule has 0 aromatic heterocycles. The summed E-state index contributed by atoms with van der Waals surface area (Å²) in [5.74, 6) is 0.375. The van der Waals surface area contributed by atoms with Crippen molar-refractivity contribution in [2.75, 3.05) is 18.1 Å². The van der Waals surface area contributed by atoms with Crippen molar-refractivity contribution in [2.24, 2.45) is 4.99 Å². The molecule has 0 spiro atoms. The van der Waals surface area contributed by atoms with E-state index in [1.165, 1.54) is 11.8 Å². The predicted octanol–water partition coefficient (Wildman–Crippen LogP) is 3.02. The normalized spacial score (nSPS) is 23.9. The Hall–Kier alpha value is -2.03. The molecule has 2 atom stereocenters. The van der Waals surface area contributed by atoms with Gasteiger partial charge in [0.25, 0.3) is 5.91 Å². The van der Waals surface area contributed by atoms with E-state index < -0.39 is 15.7 Å². The van der Waals surface area contributed by atoms with Crippen LogP contribution in [0.15, 0.2) is 59.6 Å². The summed E-state index contributed by atoms with van der Waals surface area (Å²) in [7, 11) is -3.08. The van der Waals surface area contributed by atoms with Crippen molar-refractivity contribution < 1.29 is 17.9 Å². The van der Waals surface area contributed by atoms with Crippen molar-refractivity contribution >= 4 is 44.3 Å². The van der Waals surface area contributed by atoms with Gasteiger partial charge in [-0.25, -0.2) is 8.42 Å². The molecular weight excluding hydrogens is 432 g/mol. The molecule has 2 saturated heterocycles. The maximum Gasteiger partial charge on any atom is 0.285 e. The topological polar surface area (TPSA) is 76.0 Å². The smallest absolute Gasteiger partial charge is 0.285 e. The van der Waals surface area contributed by atoms with Gasteiger partial charge in [-0.1, -0.05) is 53.7 Å². The summed E-state index contributed by atoms with van der Waals surface area (Å²) in [5.41, 5.74) is 0.973. The number of ether oxygens (including phenoxy) is 1. The lowest BCUT2D eigenvalue weighted by Crippen LogP contribution is -2.37. The molecule has 2 aromatic rings. The third kappa shape index (κ3) is 4.94. The molecule has 2 unspecified atom stereocenters. The summed E-state index contributed by atoms with van der Waals surface area (Å²) >= 11 is 7.32. The first-order chi connectivity index (χ1) is 13.9. The number of amides is 1. The van der Waals surface area contributed by atoms with Gasteiger partial charge in [0.15, 0.2) is 21.6 Å². The van der Waals surface area contributed by atoms with Crippen molar-refractivity contribution in [3.8, 4) is 5.75 Å². The Kier molecular flexibility index (Phi) is 5.85. The fraction of sp³-hybridized carbons (Fsp3) is 0.300. The van der Waals surface area contributed by atoms with Crippen LogP contribution in [0.1, 0.15) is 5.56 Å². The quantitative estimate of drug-likeness (QED) is 0.697. The van der Waals surface area contributed by atoms with Gasteiger partial charge in [-0.3, -0.25) is 4.79 Å². The largest absolute Gasteiger partial charge is 0.484 e. The van der Waals surface area contributed by atoms with Crippen LogP contribution in [-0.2, 0) is 21.2 Å². The minimum atomic E-state index is -3.08. The molecule has 152 valence electrons. The molecular formula is C20H19ClN2O4S2. The number of fused-ring (bicyclic) bond motifs is 1. The number of benzene rings is 2. The summed E-state index contributed by atoms with van der Waals surface area (Å²) in [6.45, 7) is 0.295. The Morgan fingerprint density at radius 3 is 2.59 bits per heavy atom. The van der Waals surface area contributed by atoms with E-state index in [-0.39, 0.29) is 29.4 Å². The number of hydrogen-bond donors (Lipinski definition) is 0. The first kappa shape index (κ1) is 20.3. The average molecular weight is 451 g/mol. The minimum Gasteiger partial charge on any atom is -0.484 e. The lowest BCUT2D eigenvalue weighted by molar-refractivity contribution is -0.119. The highest BCUT2D eigenvalue weighted by Gasteiger charge is 2.48. The number of amidine groups is 1. The molecule has 9 heteroatoms. The van der Waals surface area contributed by atoms with Gasteiger partial charge in [0.2, 0.25) is 0 Å². The molecule has 2 heterocycles. The molecule has 6 nitrogen and oxygen atoms in total. The van der Waals surface area contributed by atoms with Crippen LogP contribution in [0, 0.1) is 0 Å². The van der Waals surface area contributed by atoms with Gasteiger partial charge in [-0.2, -0.15) is 4.99 Å². The van der Waals surface area contributed by atoms with Gasteiger partial charge in [0.05, 0.1) is 17.5 Å². The minimum absolute atomic E-state index is 0.0754. The molecule has 2 aromatic carbocycles. The Morgan fingerprint density at radius 2 is 1.86 bits per heavy atom. The lowest BCUT2D eigenvalue weighted by atomic mass is 10.1. The molecule has 1 amide bonds. The molecule has 0 aliphatic carbocycles. The second kappa shape index (κ2) is 8.38. The van der Waals surface area contributed by atoms with Crippen molar-refractivity contribution in [1.29, 1.82) is 0 Å². The molecule has 0 radical (unpaired) electrons. The second-order valence-corrected chi connectivity index (χ2v) is 10.7. The number of para-hydroxylation sites is 1. The van der Waals surface area contributed by atoms with E-state index in [9.17, 15) is 13.2 Å². The third-order valence-electron chi connectivity index (χ3n) is 4.77. The zero-order chi connectivity index (χ0) is 20.4. The second-order valence-electron chi connectivity index (χ2n) is 6.94. The van der Waals surface area contributed by atoms with Crippen molar-refractivity contribution in [3.05, 3.63) is 65.2 Å². The highest BCUT2D eigenvalue weighted by Crippen LogP contribution is 2.39. The zero-order valence-electron chi connectivity index (χ0n) is 15.4. The number of carbonyl (C=O) groups is 1. The first-order valence-corrected chi connectivity index (χ1v) is 12.1. The fourth-order valence-electron chi connectivity index (χ4n) is 3.41. The maximum absolute atomic E-state index is 12.4. The van der Waals surface area contributed by atoms with Gasteiger partial charge in [-0.05, 0) is 29.8 Å². The zero-order valence-corrected chi connectivity index (χ0v) is 17.8. The number of nitrogens with zero attached hydrogens (tertiary/aromatic N) is 2. The van der Waals surface area contributed by atoms with Crippen LogP contribution < -0.4 is 4.74 Å². The maximum atomic E-state index is 12.4. The number of hydrogen-bond acceptors (Lipinski definition) is 5. The Bertz CT molecular complexity index is 1030. The SMILES string of the molecule is O=C(COc1ccccc1)N=C1SC2CS(=O)(=O)CC2N1Cc1ccc(Cl)cc1. The van der Waals surface area contributed by atoms with E-state index in [0.29, 0.717) is 22.5 Å². The summed E-state index contributed by atoms with van der Waals surface area (Å²) in [5, 5.41) is 1.06. The number of aliphatic imine (C=N–C) groups is 1. The van der Waals surface area contributed by atoms with Gasteiger partial charge >= 0.3 is 0 Å². The van der Waals surface area contributed by atoms with Crippen molar-refractivity contribution in [3.63, 3.8) is 0 Å². The Morgan fingerprint density at radius 1 is 1.14 bits per heavy atom. The summed E-state index contributed by atoms with van der Waals surface area (Å²) in [4.78, 5) is 18.5. The molecule has 0 saturated carbocycles. The molecule has 4 rings (SSSR count). The molecule has 29 heavy (non-hydrogen) atoms. The summed E-state index contributed by atoms with van der Waals surface area (Å²) in [6.07, 6.45) is 0. The average Bonchev–Trinajstić information content (AvgIpc) is 3.15. The third-order valence-corrected chi connectivity index (χ3v) is 8.27. The van der Waals surface area contributed by atoms with E-state index >= 15 is 0 Å². The van der Waals surface area contributed by atoms with Crippen LogP contribution in [0.3, 0.4) is 0 Å². The van der Waals surface area contributed by atoms with Gasteiger partial charge in [-0.15, -0.1) is 0 Å². The van der Waals surface area contributed by atoms with E-state index in [1.54, 1.807) is 24.3 Å². The van der Waals surface area contributed by atoms with Crippen molar-refractivity contribution in [1.82, 2.24) is 4.90 Å². The highest BCUT2D eigenvalue weighted by atomic mass is 35.5. The first-order valence-electron chi connectivity index (χ1n) is 9.07. The predicted molar refractivity (Wildman–Crippen MR) is 115 cm³/mol. The molecule has 2 aliphatic heterocycles. The molecule has 2 aliphatic rings. The van der Waals surface area contributed by atoms with Crippen LogP contribution in [-0.4, -0.2) is 53.8 Å². The number of sulfone groups is 1. The van der Waals surface area contributed by atoms with E-state index in [4.69, 9.17) is 16.3 Å². The number of carbonyl (C=O) groups excluding carboxylic acids is 1. The molecule has 0 bridgehead atoms. The molecule has 2 fully saturated rings. The fourth-order valence-corrected chi connectivity index (χ4v) is 7.50. The Labute approximate surface area is 178 Å². The van der Waals surface area contributed by atoms with Gasteiger partial charge in [0.1, 0.15) is 5.75 Å². The monoisotopic (exact) mass is 450 g/mol. The van der Waals surface area contributed by atoms with Crippen LogP contribution in [0.25, 0.3) is 0 Å². The number of thioether (sulfide) groups is 1. The van der Waals surface area contributed by atoms with Crippen LogP contribution in [0.5, 0.6) is 5.75 Å². The number of rotatable bonds is 5. The standard InChI is InChI=1S/C20H19ClN2O4S2/c21-15-8-6-14(7-9-15)10-23-17-12-29(25,26)13-18(17)28-20(23)22-19(24)11-27-16-4-2-1-3-5-16/h1-9,17-18H,10-13H2. The van der Waals surface area contributed by atoms with Crippen LogP contribution >= 0.6 is 23.4 Å². The van der Waals surface area contributed by atoms with Gasteiger partial charge in [0, 0.05) is 16.8 Å². The molecule has 0 N–H and O–H groups in total. The van der Waals surface area contributed by atoms with Crippen LogP contribution in [0.4, 0.5) is 0 Å². The van der Waals surface area contributed by atoms with Crippen molar-refractivity contribution in [2.45, 2.75) is 17.8 Å². The van der Waals surface area contributed by atoms with E-state index in [0.717, 1.165) is 5.56 Å². The lowest BCUT2D eigenvalue weighted by Gasteiger charge is -2.24. The highest BCUT2D eigenvalue weighted by molar-refractivity contribution is 8.15. The Balaban J connectivity index is 1.51.